The standard InChI is InChI=1S/C14H9N5O/c15-9-11-12(7-4-8-13(11)20)19-14(16-17-18-19)10-5-2-1-3-6-10/h1-8,20H/p+1. The second-order valence-electron chi connectivity index (χ2n) is 4.11. The minimum absolute atomic E-state index is 0.0777. The average Bonchev–Trinajstić information content (AvgIpc) is 2.97. The van der Waals surface area contributed by atoms with Crippen LogP contribution in [0.3, 0.4) is 0 Å². The minimum Gasteiger partial charge on any atom is -0.506 e. The SMILES string of the molecule is N#Cc1c(O)cccc1-[n+]1[nH]nnc1-c1ccccc1. The lowest BCUT2D eigenvalue weighted by Gasteiger charge is -2.02. The molecule has 0 radical (unpaired) electrons. The fourth-order valence-corrected chi connectivity index (χ4v) is 1.98. The smallest absolute Gasteiger partial charge is 0.337 e. The number of nitrogens with one attached hydrogen (secondary N) is 1. The number of tetrazole rings is 1. The number of hydrogen-bond acceptors (Lipinski definition) is 4. The molecule has 0 aliphatic heterocycles. The lowest BCUT2D eigenvalue weighted by Crippen LogP contribution is -2.36. The summed E-state index contributed by atoms with van der Waals surface area (Å²) in [5.41, 5.74) is 1.52. The van der Waals surface area contributed by atoms with Gasteiger partial charge in [-0.25, -0.2) is 0 Å². The highest BCUT2D eigenvalue weighted by atomic mass is 16.3. The first-order valence-electron chi connectivity index (χ1n) is 5.92. The second-order valence-corrected chi connectivity index (χ2v) is 4.11. The van der Waals surface area contributed by atoms with Gasteiger partial charge in [0.05, 0.1) is 5.56 Å². The summed E-state index contributed by atoms with van der Waals surface area (Å²) in [6, 6.07) is 16.3. The van der Waals surface area contributed by atoms with E-state index < -0.39 is 0 Å². The van der Waals surface area contributed by atoms with Gasteiger partial charge in [0.25, 0.3) is 0 Å². The molecule has 0 aliphatic carbocycles. The van der Waals surface area contributed by atoms with Crippen LogP contribution in [0.4, 0.5) is 0 Å². The van der Waals surface area contributed by atoms with Gasteiger partial charge < -0.3 is 5.11 Å². The van der Waals surface area contributed by atoms with E-state index in [4.69, 9.17) is 0 Å². The molecule has 0 atom stereocenters. The Hall–Kier alpha value is -3.20. The van der Waals surface area contributed by atoms with Crippen molar-refractivity contribution in [1.29, 1.82) is 5.26 Å². The van der Waals surface area contributed by atoms with E-state index in [1.54, 1.807) is 16.8 Å². The number of H-pyrrole nitrogens is 1. The highest BCUT2D eigenvalue weighted by molar-refractivity contribution is 5.55. The number of aromatic nitrogens is 4. The number of benzene rings is 2. The predicted molar refractivity (Wildman–Crippen MR) is 69.7 cm³/mol. The lowest BCUT2D eigenvalue weighted by atomic mass is 10.1. The number of nitrogens with zero attached hydrogens (tertiary/aromatic N) is 4. The molecule has 2 aromatic carbocycles. The van der Waals surface area contributed by atoms with E-state index in [9.17, 15) is 10.4 Å². The molecule has 1 aromatic heterocycles. The van der Waals surface area contributed by atoms with Crippen molar-refractivity contribution < 1.29 is 9.79 Å². The summed E-state index contributed by atoms with van der Waals surface area (Å²) in [5.74, 6) is 0.485. The molecule has 0 saturated heterocycles. The van der Waals surface area contributed by atoms with Crippen LogP contribution >= 0.6 is 0 Å². The number of nitriles is 1. The maximum absolute atomic E-state index is 9.76. The summed E-state index contributed by atoms with van der Waals surface area (Å²) in [4.78, 5) is 0. The van der Waals surface area contributed by atoms with Gasteiger partial charge in [-0.2, -0.15) is 5.26 Å². The molecule has 2 N–H and O–H groups in total. The van der Waals surface area contributed by atoms with Crippen LogP contribution in [0.5, 0.6) is 5.75 Å². The van der Waals surface area contributed by atoms with E-state index in [2.05, 4.69) is 15.5 Å². The first-order valence-corrected chi connectivity index (χ1v) is 5.92. The van der Waals surface area contributed by atoms with Crippen molar-refractivity contribution in [3.05, 3.63) is 54.1 Å². The highest BCUT2D eigenvalue weighted by Crippen LogP contribution is 2.21. The molecular weight excluding hydrogens is 254 g/mol. The van der Waals surface area contributed by atoms with Gasteiger partial charge in [0.1, 0.15) is 28.2 Å². The van der Waals surface area contributed by atoms with Crippen LogP contribution in [0.15, 0.2) is 48.5 Å². The number of rotatable bonds is 2. The molecule has 96 valence electrons. The second kappa shape index (κ2) is 4.82. The molecule has 6 nitrogen and oxygen atoms in total. The third kappa shape index (κ3) is 1.87. The first-order chi connectivity index (χ1) is 9.81. The van der Waals surface area contributed by atoms with Crippen molar-refractivity contribution >= 4 is 0 Å². The summed E-state index contributed by atoms with van der Waals surface area (Å²) in [6.45, 7) is 0. The number of phenolic OH excluding ortho intramolecular Hbond substituents is 1. The molecule has 6 heteroatoms. The van der Waals surface area contributed by atoms with Gasteiger partial charge in [-0.15, -0.1) is 4.68 Å². The maximum atomic E-state index is 9.76. The van der Waals surface area contributed by atoms with Crippen molar-refractivity contribution in [2.45, 2.75) is 0 Å². The Morgan fingerprint density at radius 2 is 1.90 bits per heavy atom. The Morgan fingerprint density at radius 1 is 1.10 bits per heavy atom. The van der Waals surface area contributed by atoms with Gasteiger partial charge in [0.15, 0.2) is 5.21 Å². The maximum Gasteiger partial charge on any atom is 0.337 e. The van der Waals surface area contributed by atoms with Crippen molar-refractivity contribution in [2.75, 3.05) is 0 Å². The normalized spacial score (nSPS) is 10.2. The van der Waals surface area contributed by atoms with E-state index in [-0.39, 0.29) is 11.3 Å². The summed E-state index contributed by atoms with van der Waals surface area (Å²) < 4.78 is 1.56. The molecule has 1 heterocycles. The third-order valence-electron chi connectivity index (χ3n) is 2.91. The Morgan fingerprint density at radius 3 is 2.65 bits per heavy atom. The third-order valence-corrected chi connectivity index (χ3v) is 2.91. The first kappa shape index (κ1) is 11.9. The molecule has 0 saturated carbocycles. The monoisotopic (exact) mass is 264 g/mol. The number of phenols is 1. The van der Waals surface area contributed by atoms with Crippen LogP contribution in [0.2, 0.25) is 0 Å². The van der Waals surface area contributed by atoms with Gasteiger partial charge in [-0.3, -0.25) is 0 Å². The Labute approximate surface area is 114 Å². The van der Waals surface area contributed by atoms with E-state index in [0.717, 1.165) is 5.56 Å². The molecule has 0 aliphatic rings. The summed E-state index contributed by atoms with van der Waals surface area (Å²) in [6.07, 6.45) is 0. The zero-order valence-corrected chi connectivity index (χ0v) is 10.4. The van der Waals surface area contributed by atoms with Gasteiger partial charge in [0.2, 0.25) is 0 Å². The Bertz CT molecular complexity index is 789. The molecule has 0 bridgehead atoms. The van der Waals surface area contributed by atoms with Gasteiger partial charge in [0, 0.05) is 0 Å². The van der Waals surface area contributed by atoms with Gasteiger partial charge in [-0.05, 0) is 24.3 Å². The van der Waals surface area contributed by atoms with Crippen LogP contribution in [-0.2, 0) is 0 Å². The molecule has 0 fully saturated rings. The topological polar surface area (TPSA) is 89.5 Å². The number of aromatic amines is 1. The summed E-state index contributed by atoms with van der Waals surface area (Å²) in [5, 5.41) is 29.5. The van der Waals surface area contributed by atoms with Crippen molar-refractivity contribution in [2.24, 2.45) is 0 Å². The zero-order chi connectivity index (χ0) is 13.9. The quantitative estimate of drug-likeness (QED) is 0.683. The lowest BCUT2D eigenvalue weighted by molar-refractivity contribution is -0.649. The summed E-state index contributed by atoms with van der Waals surface area (Å²) >= 11 is 0. The van der Waals surface area contributed by atoms with Crippen molar-refractivity contribution in [1.82, 2.24) is 15.5 Å². The average molecular weight is 264 g/mol. The Balaban J connectivity index is 2.22. The molecule has 3 aromatic rings. The highest BCUT2D eigenvalue weighted by Gasteiger charge is 2.22. The van der Waals surface area contributed by atoms with Crippen molar-refractivity contribution in [3.8, 4) is 28.9 Å². The zero-order valence-electron chi connectivity index (χ0n) is 10.4. The molecule has 0 amide bonds. The molecular formula is C14H10N5O+. The van der Waals surface area contributed by atoms with E-state index in [0.29, 0.717) is 11.5 Å². The van der Waals surface area contributed by atoms with Gasteiger partial charge >= 0.3 is 5.82 Å². The minimum atomic E-state index is -0.0777. The van der Waals surface area contributed by atoms with E-state index in [1.165, 1.54) is 6.07 Å². The number of aromatic hydroxyl groups is 1. The van der Waals surface area contributed by atoms with Crippen molar-refractivity contribution in [3.63, 3.8) is 0 Å². The molecule has 0 spiro atoms. The predicted octanol–water partition coefficient (Wildman–Crippen LogP) is 1.33. The fraction of sp³-hybridized carbons (Fsp3) is 0. The molecule has 0 unspecified atom stereocenters. The number of hydrogen-bond donors (Lipinski definition) is 2. The fourth-order valence-electron chi connectivity index (χ4n) is 1.98. The largest absolute Gasteiger partial charge is 0.506 e. The van der Waals surface area contributed by atoms with E-state index in [1.807, 2.05) is 36.4 Å². The summed E-state index contributed by atoms with van der Waals surface area (Å²) in [7, 11) is 0. The van der Waals surface area contributed by atoms with Crippen LogP contribution < -0.4 is 4.68 Å². The Kier molecular flexibility index (Phi) is 2.86. The van der Waals surface area contributed by atoms with Crippen LogP contribution in [-0.4, -0.2) is 20.6 Å². The van der Waals surface area contributed by atoms with Crippen LogP contribution in [0.1, 0.15) is 5.56 Å². The van der Waals surface area contributed by atoms with Crippen LogP contribution in [0, 0.1) is 11.3 Å². The van der Waals surface area contributed by atoms with Crippen LogP contribution in [0.25, 0.3) is 17.1 Å². The van der Waals surface area contributed by atoms with E-state index >= 15 is 0 Å². The van der Waals surface area contributed by atoms with Gasteiger partial charge in [-0.1, -0.05) is 29.5 Å². The molecule has 3 rings (SSSR count). The molecule has 20 heavy (non-hydrogen) atoms.